The van der Waals surface area contributed by atoms with Crippen molar-refractivity contribution in [2.45, 2.75) is 36.4 Å². The van der Waals surface area contributed by atoms with Gasteiger partial charge in [0.25, 0.3) is 10.0 Å². The number of sulfonamides is 1. The second-order valence-corrected chi connectivity index (χ2v) is 7.39. The van der Waals surface area contributed by atoms with Gasteiger partial charge >= 0.3 is 5.97 Å². The first-order valence-electron chi connectivity index (χ1n) is 5.36. The van der Waals surface area contributed by atoms with Crippen LogP contribution in [0.25, 0.3) is 0 Å². The first-order chi connectivity index (χ1) is 8.38. The molecule has 5 nitrogen and oxygen atoms in total. The number of aliphatic carboxylic acids is 1. The molecule has 2 N–H and O–H groups in total. The van der Waals surface area contributed by atoms with Crippen molar-refractivity contribution in [3.8, 4) is 0 Å². The van der Waals surface area contributed by atoms with Gasteiger partial charge in [0.15, 0.2) is 0 Å². The maximum Gasteiger partial charge on any atom is 0.321 e. The lowest BCUT2D eigenvalue weighted by Gasteiger charge is -2.13. The molecule has 0 aromatic carbocycles. The Kier molecular flexibility index (Phi) is 5.77. The summed E-state index contributed by atoms with van der Waals surface area (Å²) in [5.41, 5.74) is 0. The van der Waals surface area contributed by atoms with E-state index in [4.69, 9.17) is 5.11 Å². The lowest BCUT2D eigenvalue weighted by atomic mass is 10.1. The molecule has 1 aromatic heterocycles. The van der Waals surface area contributed by atoms with E-state index in [1.54, 1.807) is 11.4 Å². The van der Waals surface area contributed by atoms with Crippen LogP contribution in [0, 0.1) is 0 Å². The summed E-state index contributed by atoms with van der Waals surface area (Å²) in [6.07, 6.45) is 1.76. The van der Waals surface area contributed by atoms with E-state index in [0.29, 0.717) is 10.9 Å². The fourth-order valence-electron chi connectivity index (χ4n) is 1.35. The summed E-state index contributed by atoms with van der Waals surface area (Å²) < 4.78 is 26.8. The van der Waals surface area contributed by atoms with E-state index in [1.807, 2.05) is 6.92 Å². The number of thiophene rings is 1. The quantitative estimate of drug-likeness (QED) is 0.786. The van der Waals surface area contributed by atoms with Crippen LogP contribution in [0.4, 0.5) is 0 Å². The van der Waals surface area contributed by atoms with E-state index in [-0.39, 0.29) is 10.6 Å². The average Bonchev–Trinajstić information content (AvgIpc) is 2.71. The number of rotatable bonds is 7. The average molecular weight is 356 g/mol. The van der Waals surface area contributed by atoms with Gasteiger partial charge in [0.1, 0.15) is 10.3 Å². The summed E-state index contributed by atoms with van der Waals surface area (Å²) in [5, 5.41) is 10.6. The number of hydrogen-bond donors (Lipinski definition) is 2. The zero-order chi connectivity index (χ0) is 13.8. The third kappa shape index (κ3) is 4.04. The Labute approximate surface area is 118 Å². The molecule has 1 rings (SSSR count). The summed E-state index contributed by atoms with van der Waals surface area (Å²) in [7, 11) is -3.78. The molecule has 0 fully saturated rings. The molecule has 0 bridgehead atoms. The minimum atomic E-state index is -3.78. The van der Waals surface area contributed by atoms with Crippen LogP contribution in [0.3, 0.4) is 0 Å². The Balaban J connectivity index is 2.86. The maximum atomic E-state index is 12.0. The van der Waals surface area contributed by atoms with Crippen molar-refractivity contribution < 1.29 is 18.3 Å². The molecule has 0 radical (unpaired) electrons. The number of halogens is 1. The van der Waals surface area contributed by atoms with Crippen molar-refractivity contribution >= 4 is 43.3 Å². The maximum absolute atomic E-state index is 12.0. The Morgan fingerprint density at radius 3 is 2.72 bits per heavy atom. The molecule has 1 atom stereocenters. The highest BCUT2D eigenvalue weighted by molar-refractivity contribution is 9.10. The number of hydrogen-bond acceptors (Lipinski definition) is 4. The lowest BCUT2D eigenvalue weighted by molar-refractivity contribution is -0.139. The predicted molar refractivity (Wildman–Crippen MR) is 73.3 cm³/mol. The number of carboxylic acids is 1. The van der Waals surface area contributed by atoms with Crippen molar-refractivity contribution in [3.63, 3.8) is 0 Å². The molecule has 0 aliphatic heterocycles. The smallest absolute Gasteiger partial charge is 0.321 e. The summed E-state index contributed by atoms with van der Waals surface area (Å²) in [4.78, 5) is 11.0. The predicted octanol–water partition coefficient (Wildman–Crippen LogP) is 2.43. The van der Waals surface area contributed by atoms with Crippen LogP contribution in [0.2, 0.25) is 0 Å². The van der Waals surface area contributed by atoms with Crippen molar-refractivity contribution in [3.05, 3.63) is 15.9 Å². The largest absolute Gasteiger partial charge is 0.480 e. The van der Waals surface area contributed by atoms with E-state index in [0.717, 1.165) is 17.8 Å². The molecule has 1 aromatic rings. The molecule has 0 saturated carbocycles. The second kappa shape index (κ2) is 6.65. The van der Waals surface area contributed by atoms with Gasteiger partial charge in [-0.15, -0.1) is 11.3 Å². The van der Waals surface area contributed by atoms with Gasteiger partial charge in [-0.2, -0.15) is 4.72 Å². The zero-order valence-electron chi connectivity index (χ0n) is 9.72. The van der Waals surface area contributed by atoms with Crippen LogP contribution in [-0.2, 0) is 14.8 Å². The fourth-order valence-corrected chi connectivity index (χ4v) is 4.93. The van der Waals surface area contributed by atoms with Crippen LogP contribution in [-0.4, -0.2) is 25.5 Å². The summed E-state index contributed by atoms with van der Waals surface area (Å²) in [6.45, 7) is 1.92. The molecule has 0 saturated heterocycles. The topological polar surface area (TPSA) is 83.5 Å². The van der Waals surface area contributed by atoms with Gasteiger partial charge in [0.05, 0.1) is 0 Å². The van der Waals surface area contributed by atoms with Gasteiger partial charge in [0.2, 0.25) is 0 Å². The molecule has 102 valence electrons. The van der Waals surface area contributed by atoms with Gasteiger partial charge in [0, 0.05) is 4.47 Å². The van der Waals surface area contributed by atoms with Gasteiger partial charge in [-0.25, -0.2) is 8.42 Å². The fraction of sp³-hybridized carbons (Fsp3) is 0.500. The third-order valence-electron chi connectivity index (χ3n) is 2.27. The van der Waals surface area contributed by atoms with E-state index < -0.39 is 22.0 Å². The van der Waals surface area contributed by atoms with Crippen LogP contribution in [0.1, 0.15) is 26.2 Å². The highest BCUT2D eigenvalue weighted by Gasteiger charge is 2.27. The van der Waals surface area contributed by atoms with E-state index in [9.17, 15) is 13.2 Å². The number of carboxylic acid groups (broad SMARTS) is 1. The van der Waals surface area contributed by atoms with Gasteiger partial charge in [-0.1, -0.05) is 19.8 Å². The van der Waals surface area contributed by atoms with Crippen molar-refractivity contribution in [1.29, 1.82) is 0 Å². The number of nitrogens with one attached hydrogen (secondary N) is 1. The highest BCUT2D eigenvalue weighted by Crippen LogP contribution is 2.27. The lowest BCUT2D eigenvalue weighted by Crippen LogP contribution is -2.40. The van der Waals surface area contributed by atoms with E-state index in [2.05, 4.69) is 20.7 Å². The SMILES string of the molecule is CCCC[C@H](NS(=O)(=O)c1sccc1Br)C(=O)O. The van der Waals surface area contributed by atoms with Gasteiger partial charge in [-0.05, 0) is 33.8 Å². The molecule has 0 amide bonds. The molecule has 0 aliphatic carbocycles. The first-order valence-corrected chi connectivity index (χ1v) is 8.52. The molecule has 0 aliphatic rings. The van der Waals surface area contributed by atoms with Crippen LogP contribution >= 0.6 is 27.3 Å². The van der Waals surface area contributed by atoms with Gasteiger partial charge < -0.3 is 5.11 Å². The molecular weight excluding hydrogens is 342 g/mol. The van der Waals surface area contributed by atoms with Crippen molar-refractivity contribution in [2.24, 2.45) is 0 Å². The van der Waals surface area contributed by atoms with Crippen molar-refractivity contribution in [1.82, 2.24) is 4.72 Å². The highest BCUT2D eigenvalue weighted by atomic mass is 79.9. The molecular formula is C10H14BrNO4S2. The zero-order valence-corrected chi connectivity index (χ0v) is 12.9. The Morgan fingerprint density at radius 2 is 2.28 bits per heavy atom. The van der Waals surface area contributed by atoms with Crippen molar-refractivity contribution in [2.75, 3.05) is 0 Å². The Morgan fingerprint density at radius 1 is 1.61 bits per heavy atom. The molecule has 1 heterocycles. The van der Waals surface area contributed by atoms with E-state index in [1.165, 1.54) is 0 Å². The minimum Gasteiger partial charge on any atom is -0.480 e. The number of unbranched alkanes of at least 4 members (excludes halogenated alkanes) is 1. The first kappa shape index (κ1) is 15.6. The third-order valence-corrected chi connectivity index (χ3v) is 6.41. The Bertz CT molecular complexity index is 512. The molecule has 18 heavy (non-hydrogen) atoms. The van der Waals surface area contributed by atoms with Gasteiger partial charge in [-0.3, -0.25) is 4.79 Å². The second-order valence-electron chi connectivity index (χ2n) is 3.71. The molecule has 8 heteroatoms. The normalized spacial score (nSPS) is 13.4. The molecule has 0 unspecified atom stereocenters. The summed E-state index contributed by atoms with van der Waals surface area (Å²) in [6, 6.07) is 0.532. The standard InChI is InChI=1S/C10H14BrNO4S2/c1-2-3-4-8(9(13)14)12-18(15,16)10-7(11)5-6-17-10/h5-6,8,12H,2-4H2,1H3,(H,13,14)/t8-/m0/s1. The molecule has 0 spiro atoms. The monoisotopic (exact) mass is 355 g/mol. The summed E-state index contributed by atoms with van der Waals surface area (Å²) in [5.74, 6) is -1.15. The van der Waals surface area contributed by atoms with Crippen LogP contribution in [0.5, 0.6) is 0 Å². The minimum absolute atomic E-state index is 0.102. The van der Waals surface area contributed by atoms with E-state index >= 15 is 0 Å². The van der Waals surface area contributed by atoms with Crippen LogP contribution < -0.4 is 4.72 Å². The summed E-state index contributed by atoms with van der Waals surface area (Å²) >= 11 is 4.17. The van der Waals surface area contributed by atoms with Crippen LogP contribution in [0.15, 0.2) is 20.1 Å². The number of carbonyl (C=O) groups is 1. The Hall–Kier alpha value is -0.440.